The van der Waals surface area contributed by atoms with Crippen molar-refractivity contribution in [2.75, 3.05) is 13.2 Å². The Morgan fingerprint density at radius 1 is 1.60 bits per heavy atom. The maximum atomic E-state index is 12.1. The zero-order chi connectivity index (χ0) is 11.6. The molecule has 0 unspecified atom stereocenters. The van der Waals surface area contributed by atoms with Gasteiger partial charge < -0.3 is 15.7 Å². The molecule has 1 rings (SSSR count). The molecule has 4 heteroatoms. The molecule has 0 aromatic carbocycles. The van der Waals surface area contributed by atoms with Crippen molar-refractivity contribution in [2.45, 2.75) is 45.7 Å². The molecule has 2 atom stereocenters. The fourth-order valence-corrected chi connectivity index (χ4v) is 1.86. The van der Waals surface area contributed by atoms with Crippen LogP contribution in [0.1, 0.15) is 33.6 Å². The molecule has 1 aliphatic heterocycles. The minimum atomic E-state index is -0.482. The largest absolute Gasteiger partial charge is 0.394 e. The minimum absolute atomic E-state index is 0.0223. The summed E-state index contributed by atoms with van der Waals surface area (Å²) in [6, 6.07) is -0.504. The fraction of sp³-hybridized carbons (Fsp3) is 0.909. The topological polar surface area (TPSA) is 66.6 Å². The summed E-state index contributed by atoms with van der Waals surface area (Å²) in [4.78, 5) is 13.8. The van der Waals surface area contributed by atoms with Gasteiger partial charge >= 0.3 is 0 Å². The van der Waals surface area contributed by atoms with Crippen molar-refractivity contribution in [1.29, 1.82) is 0 Å². The van der Waals surface area contributed by atoms with E-state index < -0.39 is 6.04 Å². The molecule has 15 heavy (non-hydrogen) atoms. The Balaban J connectivity index is 2.68. The highest BCUT2D eigenvalue weighted by atomic mass is 16.3. The van der Waals surface area contributed by atoms with Gasteiger partial charge in [0.25, 0.3) is 0 Å². The highest BCUT2D eigenvalue weighted by Crippen LogP contribution is 2.23. The van der Waals surface area contributed by atoms with Crippen LogP contribution < -0.4 is 5.73 Å². The molecule has 0 radical (unpaired) electrons. The van der Waals surface area contributed by atoms with E-state index in [1.165, 1.54) is 0 Å². The molecule has 1 aliphatic rings. The molecule has 0 saturated carbocycles. The molecule has 1 fully saturated rings. The molecule has 4 nitrogen and oxygen atoms in total. The highest BCUT2D eigenvalue weighted by Gasteiger charge is 2.35. The van der Waals surface area contributed by atoms with Gasteiger partial charge in [-0.15, -0.1) is 0 Å². The Morgan fingerprint density at radius 2 is 2.20 bits per heavy atom. The molecule has 88 valence electrons. The van der Waals surface area contributed by atoms with E-state index >= 15 is 0 Å². The average molecular weight is 214 g/mol. The summed E-state index contributed by atoms with van der Waals surface area (Å²) in [6.07, 6.45) is 1.85. The number of hydrogen-bond donors (Lipinski definition) is 2. The van der Waals surface area contributed by atoms with Gasteiger partial charge in [-0.05, 0) is 18.3 Å². The van der Waals surface area contributed by atoms with Crippen molar-refractivity contribution in [3.63, 3.8) is 0 Å². The molecule has 0 aromatic heterocycles. The first-order valence-corrected chi connectivity index (χ1v) is 5.55. The Bertz CT molecular complexity index is 235. The second-order valence-corrected chi connectivity index (χ2v) is 5.35. The van der Waals surface area contributed by atoms with Crippen LogP contribution in [-0.2, 0) is 4.79 Å². The highest BCUT2D eigenvalue weighted by molar-refractivity contribution is 5.83. The first kappa shape index (κ1) is 12.5. The van der Waals surface area contributed by atoms with E-state index in [1.807, 2.05) is 20.8 Å². The Labute approximate surface area is 91.4 Å². The maximum Gasteiger partial charge on any atom is 0.240 e. The summed E-state index contributed by atoms with van der Waals surface area (Å²) < 4.78 is 0. The number of nitrogens with two attached hydrogens (primary N) is 1. The van der Waals surface area contributed by atoms with E-state index in [9.17, 15) is 4.79 Å². The van der Waals surface area contributed by atoms with Crippen LogP contribution >= 0.6 is 0 Å². The third-order valence-corrected chi connectivity index (χ3v) is 3.07. The van der Waals surface area contributed by atoms with Crippen molar-refractivity contribution >= 4 is 5.91 Å². The van der Waals surface area contributed by atoms with Gasteiger partial charge in [0.2, 0.25) is 5.91 Å². The number of nitrogens with zero attached hydrogens (tertiary/aromatic N) is 1. The lowest BCUT2D eigenvalue weighted by atomic mass is 9.86. The molecular formula is C11H22N2O2. The predicted molar refractivity (Wildman–Crippen MR) is 59.3 cm³/mol. The van der Waals surface area contributed by atoms with Gasteiger partial charge in [-0.3, -0.25) is 4.79 Å². The number of rotatable bonds is 2. The van der Waals surface area contributed by atoms with Crippen LogP contribution in [0.15, 0.2) is 0 Å². The Hall–Kier alpha value is -0.610. The normalized spacial score (nSPS) is 24.3. The molecule has 1 saturated heterocycles. The van der Waals surface area contributed by atoms with Crippen molar-refractivity contribution < 1.29 is 9.90 Å². The van der Waals surface area contributed by atoms with E-state index in [-0.39, 0.29) is 24.0 Å². The molecule has 1 heterocycles. The lowest BCUT2D eigenvalue weighted by molar-refractivity contribution is -0.136. The fourth-order valence-electron chi connectivity index (χ4n) is 1.86. The molecule has 0 aliphatic carbocycles. The van der Waals surface area contributed by atoms with Crippen LogP contribution in [0.3, 0.4) is 0 Å². The summed E-state index contributed by atoms with van der Waals surface area (Å²) in [5.41, 5.74) is 5.70. The average Bonchev–Trinajstić information content (AvgIpc) is 2.61. The van der Waals surface area contributed by atoms with Crippen LogP contribution in [-0.4, -0.2) is 41.1 Å². The number of carbonyl (C=O) groups excluding carboxylic acids is 1. The van der Waals surface area contributed by atoms with E-state index in [0.717, 1.165) is 19.4 Å². The monoisotopic (exact) mass is 214 g/mol. The predicted octanol–water partition coefficient (Wildman–Crippen LogP) is 0.343. The summed E-state index contributed by atoms with van der Waals surface area (Å²) in [6.45, 7) is 6.65. The van der Waals surface area contributed by atoms with Crippen molar-refractivity contribution in [3.8, 4) is 0 Å². The van der Waals surface area contributed by atoms with Crippen LogP contribution in [0.25, 0.3) is 0 Å². The van der Waals surface area contributed by atoms with Gasteiger partial charge in [0, 0.05) is 6.54 Å². The van der Waals surface area contributed by atoms with Gasteiger partial charge in [0.15, 0.2) is 0 Å². The lowest BCUT2D eigenvalue weighted by Gasteiger charge is -2.32. The number of amides is 1. The van der Waals surface area contributed by atoms with E-state index in [2.05, 4.69) is 0 Å². The SMILES string of the molecule is CC(C)(C)[C@@H](N)C(=O)N1CCC[C@@H]1CO. The smallest absolute Gasteiger partial charge is 0.240 e. The summed E-state index contributed by atoms with van der Waals surface area (Å²) in [5.74, 6) is -0.0287. The quantitative estimate of drug-likeness (QED) is 0.696. The van der Waals surface area contributed by atoms with Crippen LogP contribution in [0.5, 0.6) is 0 Å². The van der Waals surface area contributed by atoms with Crippen LogP contribution in [0.2, 0.25) is 0 Å². The first-order valence-electron chi connectivity index (χ1n) is 5.55. The Kier molecular flexibility index (Phi) is 3.73. The summed E-state index contributed by atoms with van der Waals surface area (Å²) >= 11 is 0. The molecule has 0 spiro atoms. The van der Waals surface area contributed by atoms with E-state index in [1.54, 1.807) is 4.90 Å². The Morgan fingerprint density at radius 3 is 2.67 bits per heavy atom. The molecule has 0 bridgehead atoms. The van der Waals surface area contributed by atoms with E-state index in [4.69, 9.17) is 10.8 Å². The third-order valence-electron chi connectivity index (χ3n) is 3.07. The van der Waals surface area contributed by atoms with Gasteiger partial charge in [-0.2, -0.15) is 0 Å². The first-order chi connectivity index (χ1) is 6.88. The van der Waals surface area contributed by atoms with Crippen LogP contribution in [0, 0.1) is 5.41 Å². The van der Waals surface area contributed by atoms with Crippen LogP contribution in [0.4, 0.5) is 0 Å². The number of carbonyl (C=O) groups is 1. The van der Waals surface area contributed by atoms with Gasteiger partial charge in [0.05, 0.1) is 18.7 Å². The summed E-state index contributed by atoms with van der Waals surface area (Å²) in [7, 11) is 0. The molecular weight excluding hydrogens is 192 g/mol. The molecule has 0 aromatic rings. The van der Waals surface area contributed by atoms with E-state index in [0.29, 0.717) is 0 Å². The standard InChI is InChI=1S/C11H22N2O2/c1-11(2,3)9(12)10(15)13-6-4-5-8(13)7-14/h8-9,14H,4-7,12H2,1-3H3/t8-,9+/m1/s1. The zero-order valence-corrected chi connectivity index (χ0v) is 9.86. The van der Waals surface area contributed by atoms with Crippen molar-refractivity contribution in [1.82, 2.24) is 4.90 Å². The number of hydrogen-bond acceptors (Lipinski definition) is 3. The number of aliphatic hydroxyl groups excluding tert-OH is 1. The number of likely N-dealkylation sites (tertiary alicyclic amines) is 1. The van der Waals surface area contributed by atoms with Gasteiger partial charge in [-0.1, -0.05) is 20.8 Å². The minimum Gasteiger partial charge on any atom is -0.394 e. The second-order valence-electron chi connectivity index (χ2n) is 5.35. The van der Waals surface area contributed by atoms with Crippen molar-refractivity contribution in [2.24, 2.45) is 11.1 Å². The summed E-state index contributed by atoms with van der Waals surface area (Å²) in [5, 5.41) is 9.14. The second kappa shape index (κ2) is 4.49. The number of aliphatic hydroxyl groups is 1. The van der Waals surface area contributed by atoms with Crippen molar-refractivity contribution in [3.05, 3.63) is 0 Å². The molecule has 3 N–H and O–H groups in total. The molecule has 1 amide bonds. The van der Waals surface area contributed by atoms with Gasteiger partial charge in [-0.25, -0.2) is 0 Å². The maximum absolute atomic E-state index is 12.1. The lowest BCUT2D eigenvalue weighted by Crippen LogP contribution is -2.52. The third kappa shape index (κ3) is 2.69. The zero-order valence-electron chi connectivity index (χ0n) is 9.86. The van der Waals surface area contributed by atoms with Gasteiger partial charge in [0.1, 0.15) is 0 Å².